The third-order valence-corrected chi connectivity index (χ3v) is 7.30. The molecule has 0 bridgehead atoms. The van der Waals surface area contributed by atoms with E-state index in [2.05, 4.69) is 34.5 Å². The van der Waals surface area contributed by atoms with Gasteiger partial charge in [-0.2, -0.15) is 0 Å². The lowest BCUT2D eigenvalue weighted by Gasteiger charge is -2.42. The number of carboxylic acids is 1. The maximum Gasteiger partial charge on any atom is 0.337 e. The number of methoxy groups -OCH3 is 1. The summed E-state index contributed by atoms with van der Waals surface area (Å²) in [5, 5.41) is 14.5. The number of para-hydroxylation sites is 1. The molecule has 3 aromatic carbocycles. The van der Waals surface area contributed by atoms with Crippen molar-refractivity contribution in [2.45, 2.75) is 25.8 Å². The standard InChI is InChI=1S/C30H31N3O4/c1-18-13-24(19(2)31-27-8-6-5-7-23(27)30(35)36)25-15-28(32(3)29(34)26(25)14-18)33-16-21(17-33)20-9-11-22(37-4)12-10-20/h5-15,19,21,31H,16-17H2,1-4H3,(H,35,36). The van der Waals surface area contributed by atoms with Crippen molar-refractivity contribution in [1.82, 2.24) is 4.57 Å². The van der Waals surface area contributed by atoms with Gasteiger partial charge in [0.05, 0.1) is 12.7 Å². The Balaban J connectivity index is 1.49. The highest BCUT2D eigenvalue weighted by Gasteiger charge is 2.30. The van der Waals surface area contributed by atoms with Crippen LogP contribution in [-0.4, -0.2) is 35.8 Å². The molecule has 1 aliphatic rings. The van der Waals surface area contributed by atoms with E-state index in [4.69, 9.17) is 4.74 Å². The van der Waals surface area contributed by atoms with E-state index < -0.39 is 5.97 Å². The Morgan fingerprint density at radius 1 is 1.05 bits per heavy atom. The number of aryl methyl sites for hydroxylation is 1. The number of carbonyl (C=O) groups is 1. The average molecular weight is 498 g/mol. The first-order valence-corrected chi connectivity index (χ1v) is 12.4. The van der Waals surface area contributed by atoms with Gasteiger partial charge in [-0.1, -0.05) is 30.3 Å². The van der Waals surface area contributed by atoms with Crippen LogP contribution in [0.4, 0.5) is 11.5 Å². The Morgan fingerprint density at radius 2 is 1.76 bits per heavy atom. The van der Waals surface area contributed by atoms with Gasteiger partial charge in [0.15, 0.2) is 0 Å². The minimum atomic E-state index is -0.982. The van der Waals surface area contributed by atoms with Gasteiger partial charge in [0, 0.05) is 43.2 Å². The molecule has 1 atom stereocenters. The summed E-state index contributed by atoms with van der Waals surface area (Å²) in [6.07, 6.45) is 0. The molecular weight excluding hydrogens is 466 g/mol. The van der Waals surface area contributed by atoms with Gasteiger partial charge >= 0.3 is 5.97 Å². The van der Waals surface area contributed by atoms with E-state index in [0.29, 0.717) is 17.0 Å². The first-order chi connectivity index (χ1) is 17.8. The summed E-state index contributed by atoms with van der Waals surface area (Å²) in [7, 11) is 3.49. The highest BCUT2D eigenvalue weighted by atomic mass is 16.5. The summed E-state index contributed by atoms with van der Waals surface area (Å²) in [4.78, 5) is 27.4. The number of fused-ring (bicyclic) bond motifs is 1. The number of anilines is 2. The quantitative estimate of drug-likeness (QED) is 0.359. The van der Waals surface area contributed by atoms with E-state index in [1.807, 2.05) is 45.2 Å². The summed E-state index contributed by atoms with van der Waals surface area (Å²) in [5.41, 5.74) is 3.93. The predicted molar refractivity (Wildman–Crippen MR) is 147 cm³/mol. The zero-order valence-electron chi connectivity index (χ0n) is 21.5. The van der Waals surface area contributed by atoms with Crippen molar-refractivity contribution in [2.24, 2.45) is 7.05 Å². The molecule has 1 fully saturated rings. The number of rotatable bonds is 7. The minimum absolute atomic E-state index is 0.0384. The predicted octanol–water partition coefficient (Wildman–Crippen LogP) is 5.33. The Hall–Kier alpha value is -4.26. The molecule has 1 saturated heterocycles. The van der Waals surface area contributed by atoms with Gasteiger partial charge in [0.2, 0.25) is 0 Å². The molecular formula is C30H31N3O4. The topological polar surface area (TPSA) is 83.8 Å². The van der Waals surface area contributed by atoms with Crippen LogP contribution in [0.1, 0.15) is 45.9 Å². The van der Waals surface area contributed by atoms with Gasteiger partial charge in [0.1, 0.15) is 11.6 Å². The molecule has 4 aromatic rings. The number of hydrogen-bond donors (Lipinski definition) is 2. The lowest BCUT2D eigenvalue weighted by molar-refractivity contribution is 0.0698. The normalized spacial score (nSPS) is 14.3. The van der Waals surface area contributed by atoms with Gasteiger partial charge in [-0.25, -0.2) is 4.79 Å². The zero-order valence-corrected chi connectivity index (χ0v) is 21.5. The lowest BCUT2D eigenvalue weighted by Crippen LogP contribution is -2.47. The highest BCUT2D eigenvalue weighted by Crippen LogP contribution is 2.35. The van der Waals surface area contributed by atoms with Crippen LogP contribution >= 0.6 is 0 Å². The maximum atomic E-state index is 13.5. The van der Waals surface area contributed by atoms with Crippen molar-refractivity contribution >= 4 is 28.2 Å². The molecule has 190 valence electrons. The molecule has 2 N–H and O–H groups in total. The summed E-state index contributed by atoms with van der Waals surface area (Å²) in [6.45, 7) is 5.62. The summed E-state index contributed by atoms with van der Waals surface area (Å²) in [6, 6.07) is 20.9. The second-order valence-electron chi connectivity index (χ2n) is 9.77. The Labute approximate surface area is 215 Å². The number of nitrogens with one attached hydrogen (secondary N) is 1. The molecule has 0 saturated carbocycles. The van der Waals surface area contributed by atoms with Crippen LogP contribution in [0.5, 0.6) is 5.75 Å². The van der Waals surface area contributed by atoms with E-state index in [0.717, 1.165) is 41.2 Å². The number of nitrogens with zero attached hydrogens (tertiary/aromatic N) is 2. The number of aromatic carboxylic acids is 1. The SMILES string of the molecule is COc1ccc(C2CN(c3cc4c(C(C)Nc5ccccc5C(=O)O)cc(C)cc4c(=O)n3C)C2)cc1. The fourth-order valence-corrected chi connectivity index (χ4v) is 5.19. The van der Waals surface area contributed by atoms with E-state index in [1.54, 1.807) is 29.9 Å². The number of hydrogen-bond acceptors (Lipinski definition) is 5. The first kappa shape index (κ1) is 24.4. The molecule has 7 nitrogen and oxygen atoms in total. The summed E-state index contributed by atoms with van der Waals surface area (Å²) < 4.78 is 7.00. The number of aromatic nitrogens is 1. The van der Waals surface area contributed by atoms with E-state index in [9.17, 15) is 14.7 Å². The van der Waals surface area contributed by atoms with E-state index in [1.165, 1.54) is 5.56 Å². The van der Waals surface area contributed by atoms with Crippen LogP contribution in [0.2, 0.25) is 0 Å². The fourth-order valence-electron chi connectivity index (χ4n) is 5.19. The largest absolute Gasteiger partial charge is 0.497 e. The molecule has 0 amide bonds. The second-order valence-corrected chi connectivity index (χ2v) is 9.77. The number of pyridine rings is 1. The van der Waals surface area contributed by atoms with Crippen molar-refractivity contribution in [1.29, 1.82) is 0 Å². The zero-order chi connectivity index (χ0) is 26.3. The Morgan fingerprint density at radius 3 is 2.43 bits per heavy atom. The highest BCUT2D eigenvalue weighted by molar-refractivity contribution is 5.94. The average Bonchev–Trinajstić information content (AvgIpc) is 2.86. The minimum Gasteiger partial charge on any atom is -0.497 e. The second kappa shape index (κ2) is 9.65. The van der Waals surface area contributed by atoms with Gasteiger partial charge in [-0.15, -0.1) is 0 Å². The number of benzene rings is 3. The molecule has 1 aliphatic heterocycles. The number of ether oxygens (including phenoxy) is 1. The van der Waals surface area contributed by atoms with Crippen molar-refractivity contribution < 1.29 is 14.6 Å². The smallest absolute Gasteiger partial charge is 0.337 e. The molecule has 1 unspecified atom stereocenters. The summed E-state index contributed by atoms with van der Waals surface area (Å²) >= 11 is 0. The lowest BCUT2D eigenvalue weighted by atomic mass is 9.91. The van der Waals surface area contributed by atoms with Crippen LogP contribution in [0.25, 0.3) is 10.8 Å². The van der Waals surface area contributed by atoms with Crippen LogP contribution in [0.15, 0.2) is 71.5 Å². The monoisotopic (exact) mass is 497 g/mol. The van der Waals surface area contributed by atoms with E-state index >= 15 is 0 Å². The van der Waals surface area contributed by atoms with Crippen LogP contribution < -0.4 is 20.5 Å². The molecule has 37 heavy (non-hydrogen) atoms. The van der Waals surface area contributed by atoms with Crippen molar-refractivity contribution in [2.75, 3.05) is 30.4 Å². The van der Waals surface area contributed by atoms with Crippen LogP contribution in [0.3, 0.4) is 0 Å². The Kier molecular flexibility index (Phi) is 6.38. The van der Waals surface area contributed by atoms with Gasteiger partial charge < -0.3 is 20.1 Å². The molecule has 0 aliphatic carbocycles. The van der Waals surface area contributed by atoms with Crippen LogP contribution in [-0.2, 0) is 7.05 Å². The third-order valence-electron chi connectivity index (χ3n) is 7.30. The van der Waals surface area contributed by atoms with Gasteiger partial charge in [-0.05, 0) is 72.3 Å². The molecule has 0 radical (unpaired) electrons. The molecule has 1 aromatic heterocycles. The molecule has 7 heteroatoms. The molecule has 2 heterocycles. The van der Waals surface area contributed by atoms with Crippen molar-refractivity contribution in [3.05, 3.63) is 99.3 Å². The van der Waals surface area contributed by atoms with E-state index in [-0.39, 0.29) is 17.2 Å². The molecule has 5 rings (SSSR count). The van der Waals surface area contributed by atoms with Gasteiger partial charge in [0.25, 0.3) is 5.56 Å². The van der Waals surface area contributed by atoms with Crippen molar-refractivity contribution in [3.8, 4) is 5.75 Å². The third kappa shape index (κ3) is 4.53. The molecule has 0 spiro atoms. The number of carboxylic acid groups (broad SMARTS) is 1. The first-order valence-electron chi connectivity index (χ1n) is 12.4. The van der Waals surface area contributed by atoms with Crippen molar-refractivity contribution in [3.63, 3.8) is 0 Å². The summed E-state index contributed by atoms with van der Waals surface area (Å²) in [5.74, 6) is 1.13. The Bertz CT molecular complexity index is 1540. The van der Waals surface area contributed by atoms with Crippen LogP contribution in [0, 0.1) is 6.92 Å². The fraction of sp³-hybridized carbons (Fsp3) is 0.267. The van der Waals surface area contributed by atoms with Gasteiger partial charge in [-0.3, -0.25) is 9.36 Å². The maximum absolute atomic E-state index is 13.5.